The monoisotopic (exact) mass is 433 g/mol. The number of nitrogens with one attached hydrogen (secondary N) is 1. The lowest BCUT2D eigenvalue weighted by molar-refractivity contribution is 0.102. The third kappa shape index (κ3) is 4.29. The highest BCUT2D eigenvalue weighted by molar-refractivity contribution is 7.89. The zero-order chi connectivity index (χ0) is 21.3. The van der Waals surface area contributed by atoms with Crippen molar-refractivity contribution < 1.29 is 17.9 Å². The molecule has 0 saturated carbocycles. The van der Waals surface area contributed by atoms with Crippen molar-refractivity contribution in [2.75, 3.05) is 12.4 Å². The molecule has 0 aliphatic rings. The summed E-state index contributed by atoms with van der Waals surface area (Å²) in [5.74, 6) is -0.276. The minimum absolute atomic E-state index is 0.102. The number of benzene rings is 2. The van der Waals surface area contributed by atoms with Crippen molar-refractivity contribution in [3.8, 4) is 11.4 Å². The third-order valence-electron chi connectivity index (χ3n) is 4.47. The van der Waals surface area contributed by atoms with E-state index < -0.39 is 10.0 Å². The van der Waals surface area contributed by atoms with Gasteiger partial charge in [0.25, 0.3) is 5.91 Å². The molecule has 29 heavy (non-hydrogen) atoms. The number of carbonyl (C=O) groups excluding carboxylic acids is 1. The smallest absolute Gasteiger partial charge is 0.257 e. The van der Waals surface area contributed by atoms with Crippen molar-refractivity contribution in [2.24, 2.45) is 5.14 Å². The number of aromatic nitrogens is 1. The summed E-state index contributed by atoms with van der Waals surface area (Å²) in [6, 6.07) is 13.3. The molecule has 0 fully saturated rings. The van der Waals surface area contributed by atoms with E-state index in [1.165, 1.54) is 19.2 Å². The van der Waals surface area contributed by atoms with Crippen LogP contribution in [0.4, 0.5) is 5.69 Å². The van der Waals surface area contributed by atoms with Crippen LogP contribution in [0.1, 0.15) is 21.7 Å². The third-order valence-corrected chi connectivity index (χ3v) is 5.64. The van der Waals surface area contributed by atoms with Crippen LogP contribution < -0.4 is 15.2 Å². The number of aryl methyl sites for hydroxylation is 1. The molecular weight excluding hydrogens is 414 g/mol. The lowest BCUT2D eigenvalue weighted by atomic mass is 10.2. The van der Waals surface area contributed by atoms with E-state index in [9.17, 15) is 13.2 Å². The predicted octanol–water partition coefficient (Wildman–Crippen LogP) is 3.66. The zero-order valence-corrected chi connectivity index (χ0v) is 17.6. The van der Waals surface area contributed by atoms with Crippen LogP contribution in [0.5, 0.6) is 5.75 Å². The van der Waals surface area contributed by atoms with Crippen LogP contribution in [0.2, 0.25) is 5.02 Å². The molecule has 9 heteroatoms. The summed E-state index contributed by atoms with van der Waals surface area (Å²) < 4.78 is 30.5. The Balaban J connectivity index is 1.96. The normalized spacial score (nSPS) is 11.3. The first-order valence-corrected chi connectivity index (χ1v) is 10.5. The standard InChI is InChI=1S/C20H20ClN3O4S/c1-12-9-17(13(2)24(12)16-6-4-5-14(21)10-16)20(25)23-15-7-8-18(28-3)19(11-15)29(22,26)27/h4-11H,1-3H3,(H,23,25)(H2,22,26,27). The van der Waals surface area contributed by atoms with Crippen LogP contribution in [0.25, 0.3) is 5.69 Å². The van der Waals surface area contributed by atoms with Crippen molar-refractivity contribution in [2.45, 2.75) is 18.7 Å². The molecule has 3 rings (SSSR count). The Kier molecular flexibility index (Phi) is 5.70. The number of ether oxygens (including phenoxy) is 1. The molecule has 0 aliphatic carbocycles. The van der Waals surface area contributed by atoms with Gasteiger partial charge in [0, 0.05) is 27.8 Å². The van der Waals surface area contributed by atoms with E-state index in [0.29, 0.717) is 10.6 Å². The lowest BCUT2D eigenvalue weighted by Gasteiger charge is -2.12. The molecule has 2 aromatic carbocycles. The van der Waals surface area contributed by atoms with Crippen molar-refractivity contribution in [3.63, 3.8) is 0 Å². The quantitative estimate of drug-likeness (QED) is 0.640. The number of nitrogens with two attached hydrogens (primary N) is 1. The van der Waals surface area contributed by atoms with Gasteiger partial charge in [-0.15, -0.1) is 0 Å². The maximum absolute atomic E-state index is 12.9. The van der Waals surface area contributed by atoms with Crippen LogP contribution in [-0.2, 0) is 10.0 Å². The first-order valence-electron chi connectivity index (χ1n) is 8.59. The fraction of sp³-hybridized carbons (Fsp3) is 0.150. The molecule has 0 saturated heterocycles. The van der Waals surface area contributed by atoms with Crippen LogP contribution >= 0.6 is 11.6 Å². The van der Waals surface area contributed by atoms with Crippen LogP contribution in [-0.4, -0.2) is 26.0 Å². The number of carbonyl (C=O) groups is 1. The van der Waals surface area contributed by atoms with Gasteiger partial charge in [-0.1, -0.05) is 17.7 Å². The fourth-order valence-electron chi connectivity index (χ4n) is 3.18. The molecule has 0 spiro atoms. The number of hydrogen-bond donors (Lipinski definition) is 2. The molecule has 7 nitrogen and oxygen atoms in total. The number of methoxy groups -OCH3 is 1. The maximum Gasteiger partial charge on any atom is 0.257 e. The summed E-state index contributed by atoms with van der Waals surface area (Å²) in [7, 11) is -2.67. The number of hydrogen-bond acceptors (Lipinski definition) is 4. The van der Waals surface area contributed by atoms with Gasteiger partial charge < -0.3 is 14.6 Å². The molecule has 0 bridgehead atoms. The number of anilines is 1. The van der Waals surface area contributed by atoms with Crippen LogP contribution in [0.15, 0.2) is 53.4 Å². The molecule has 0 radical (unpaired) electrons. The van der Waals surface area contributed by atoms with E-state index >= 15 is 0 Å². The number of halogens is 1. The lowest BCUT2D eigenvalue weighted by Crippen LogP contribution is -2.16. The van der Waals surface area contributed by atoms with Crippen molar-refractivity contribution in [1.82, 2.24) is 4.57 Å². The van der Waals surface area contributed by atoms with E-state index in [0.717, 1.165) is 17.1 Å². The molecule has 1 aromatic heterocycles. The number of primary sulfonamides is 1. The molecule has 1 amide bonds. The van der Waals surface area contributed by atoms with Gasteiger partial charge in [-0.05, 0) is 56.3 Å². The zero-order valence-electron chi connectivity index (χ0n) is 16.1. The Morgan fingerprint density at radius 2 is 1.86 bits per heavy atom. The van der Waals surface area contributed by atoms with Crippen LogP contribution in [0, 0.1) is 13.8 Å². The van der Waals surface area contributed by atoms with Gasteiger partial charge >= 0.3 is 0 Å². The first kappa shape index (κ1) is 20.9. The Hall–Kier alpha value is -2.81. The van der Waals surface area contributed by atoms with E-state index in [1.807, 2.05) is 36.6 Å². The molecule has 0 atom stereocenters. The Labute approximate surface area is 174 Å². The summed E-state index contributed by atoms with van der Waals surface area (Å²) in [5, 5.41) is 8.54. The first-order chi connectivity index (χ1) is 13.6. The van der Waals surface area contributed by atoms with Gasteiger partial charge in [0.2, 0.25) is 10.0 Å². The highest BCUT2D eigenvalue weighted by atomic mass is 35.5. The SMILES string of the molecule is COc1ccc(NC(=O)c2cc(C)n(-c3cccc(Cl)c3)c2C)cc1S(N)(=O)=O. The average molecular weight is 434 g/mol. The predicted molar refractivity (Wildman–Crippen MR) is 113 cm³/mol. The number of nitrogens with zero attached hydrogens (tertiary/aromatic N) is 1. The summed E-state index contributed by atoms with van der Waals surface area (Å²) >= 11 is 6.09. The highest BCUT2D eigenvalue weighted by Gasteiger charge is 2.19. The van der Waals surface area contributed by atoms with E-state index in [2.05, 4.69) is 5.32 Å². The van der Waals surface area contributed by atoms with Crippen molar-refractivity contribution >= 4 is 33.2 Å². The minimum Gasteiger partial charge on any atom is -0.495 e. The highest BCUT2D eigenvalue weighted by Crippen LogP contribution is 2.27. The van der Waals surface area contributed by atoms with Crippen molar-refractivity contribution in [3.05, 3.63) is 70.5 Å². The van der Waals surface area contributed by atoms with Gasteiger partial charge in [0.05, 0.1) is 12.7 Å². The second kappa shape index (κ2) is 7.90. The summed E-state index contributed by atoms with van der Waals surface area (Å²) in [5.41, 5.74) is 3.16. The number of amides is 1. The van der Waals surface area contributed by atoms with Gasteiger partial charge in [-0.3, -0.25) is 4.79 Å². The molecule has 3 N–H and O–H groups in total. The summed E-state index contributed by atoms with van der Waals surface area (Å²) in [6.45, 7) is 3.71. The average Bonchev–Trinajstić information content (AvgIpc) is 2.95. The van der Waals surface area contributed by atoms with Gasteiger partial charge in [-0.2, -0.15) is 0 Å². The molecule has 1 heterocycles. The molecule has 0 unspecified atom stereocenters. The second-order valence-electron chi connectivity index (χ2n) is 6.46. The molecule has 152 valence electrons. The Bertz CT molecular complexity index is 1200. The van der Waals surface area contributed by atoms with Gasteiger partial charge in [0.15, 0.2) is 0 Å². The maximum atomic E-state index is 12.9. The fourth-order valence-corrected chi connectivity index (χ4v) is 4.09. The van der Waals surface area contributed by atoms with Crippen LogP contribution in [0.3, 0.4) is 0 Å². The summed E-state index contributed by atoms with van der Waals surface area (Å²) in [4.78, 5) is 12.6. The van der Waals surface area contributed by atoms with E-state index in [-0.39, 0.29) is 22.2 Å². The number of rotatable bonds is 5. The minimum atomic E-state index is -4.01. The van der Waals surface area contributed by atoms with Crippen molar-refractivity contribution in [1.29, 1.82) is 0 Å². The summed E-state index contributed by atoms with van der Waals surface area (Å²) in [6.07, 6.45) is 0. The Morgan fingerprint density at radius 1 is 1.14 bits per heavy atom. The van der Waals surface area contributed by atoms with Gasteiger partial charge in [0.1, 0.15) is 10.6 Å². The van der Waals surface area contributed by atoms with E-state index in [4.69, 9.17) is 21.5 Å². The van der Waals surface area contributed by atoms with Gasteiger partial charge in [-0.25, -0.2) is 13.6 Å². The molecule has 0 aliphatic heterocycles. The van der Waals surface area contributed by atoms with E-state index in [1.54, 1.807) is 18.2 Å². The Morgan fingerprint density at radius 3 is 2.48 bits per heavy atom. The molecule has 3 aromatic rings. The number of sulfonamides is 1. The largest absolute Gasteiger partial charge is 0.495 e. The molecular formula is C20H20ClN3O4S. The second-order valence-corrected chi connectivity index (χ2v) is 8.43. The topological polar surface area (TPSA) is 103 Å².